The fourth-order valence-electron chi connectivity index (χ4n) is 6.65. The molecule has 3 aromatic rings. The van der Waals surface area contributed by atoms with Crippen LogP contribution >= 0.6 is 11.6 Å². The summed E-state index contributed by atoms with van der Waals surface area (Å²) in [6.07, 6.45) is 3.96. The first-order valence-corrected chi connectivity index (χ1v) is 14.6. The molecule has 13 heteroatoms. The molecule has 0 unspecified atom stereocenters. The molecular formula is C30H29ClF4N6O2. The van der Waals surface area contributed by atoms with Crippen LogP contribution in [0.1, 0.15) is 66.6 Å². The number of hydrogen-bond donors (Lipinski definition) is 1. The second-order valence-corrected chi connectivity index (χ2v) is 11.9. The van der Waals surface area contributed by atoms with Crippen molar-refractivity contribution in [3.63, 3.8) is 0 Å². The molecule has 0 radical (unpaired) electrons. The van der Waals surface area contributed by atoms with Gasteiger partial charge in [-0.2, -0.15) is 0 Å². The number of aromatic nitrogens is 3. The van der Waals surface area contributed by atoms with Gasteiger partial charge in [-0.25, -0.2) is 27.5 Å². The van der Waals surface area contributed by atoms with Crippen molar-refractivity contribution in [1.29, 1.82) is 0 Å². The minimum Gasteiger partial charge on any atom is -0.349 e. The van der Waals surface area contributed by atoms with E-state index in [0.717, 1.165) is 24.2 Å². The van der Waals surface area contributed by atoms with E-state index in [1.807, 2.05) is 4.90 Å². The Morgan fingerprint density at radius 2 is 1.70 bits per heavy atom. The van der Waals surface area contributed by atoms with E-state index < -0.39 is 35.1 Å². The lowest BCUT2D eigenvalue weighted by Crippen LogP contribution is -2.50. The molecule has 0 bridgehead atoms. The number of anilines is 2. The Morgan fingerprint density at radius 3 is 2.37 bits per heavy atom. The van der Waals surface area contributed by atoms with Crippen LogP contribution in [0.15, 0.2) is 42.9 Å². The standard InChI is InChI=1S/C30H29ClF4N6O2/c31-18-11-22(25(26(34)35)36-13-18)27(42)39-21-4-1-17(2-5-21)16-41-24-12-19(32)3-6-23(24)30(28(41)43)7-9-40(10-8-30)29-37-14-20(33)15-38-29/h3,6,11-15,17,21,26H,1-2,4-5,7-10,16H2,(H,39,42)/t17-,21-. The van der Waals surface area contributed by atoms with E-state index >= 15 is 0 Å². The quantitative estimate of drug-likeness (QED) is 0.362. The Labute approximate surface area is 250 Å². The van der Waals surface area contributed by atoms with E-state index in [-0.39, 0.29) is 28.5 Å². The van der Waals surface area contributed by atoms with Crippen LogP contribution in [0, 0.1) is 17.6 Å². The average molecular weight is 617 g/mol. The SMILES string of the molecule is O=C(N[C@H]1CC[C@H](CN2C(=O)C3(CCN(c4ncc(F)cn4)CC3)c3ccc(F)cc32)CC1)c1cc(Cl)cnc1C(F)F. The number of hydrogen-bond acceptors (Lipinski definition) is 6. The second-order valence-electron chi connectivity index (χ2n) is 11.4. The summed E-state index contributed by atoms with van der Waals surface area (Å²) in [4.78, 5) is 42.2. The molecule has 4 heterocycles. The van der Waals surface area contributed by atoms with Crippen molar-refractivity contribution >= 4 is 35.1 Å². The van der Waals surface area contributed by atoms with Gasteiger partial charge >= 0.3 is 0 Å². The first-order chi connectivity index (χ1) is 20.6. The van der Waals surface area contributed by atoms with Crippen LogP contribution in [0.2, 0.25) is 5.02 Å². The normalized spacial score (nSPS) is 21.4. The number of nitrogens with one attached hydrogen (secondary N) is 1. The van der Waals surface area contributed by atoms with Crippen molar-refractivity contribution in [3.05, 3.63) is 76.3 Å². The number of carbonyl (C=O) groups excluding carboxylic acids is 2. The summed E-state index contributed by atoms with van der Waals surface area (Å²) in [6.45, 7) is 1.39. The summed E-state index contributed by atoms with van der Waals surface area (Å²) < 4.78 is 54.5. The van der Waals surface area contributed by atoms with E-state index in [2.05, 4.69) is 20.3 Å². The largest absolute Gasteiger partial charge is 0.349 e. The summed E-state index contributed by atoms with van der Waals surface area (Å²) in [5.74, 6) is -1.14. The number of carbonyl (C=O) groups is 2. The summed E-state index contributed by atoms with van der Waals surface area (Å²) >= 11 is 5.90. The van der Waals surface area contributed by atoms with E-state index in [4.69, 9.17) is 11.6 Å². The van der Waals surface area contributed by atoms with Crippen LogP contribution in [0.25, 0.3) is 0 Å². The Balaban J connectivity index is 1.11. The molecule has 2 fully saturated rings. The highest BCUT2D eigenvalue weighted by Gasteiger charge is 2.52. The number of pyridine rings is 1. The number of nitrogens with zero attached hydrogens (tertiary/aromatic N) is 5. The Hall–Kier alpha value is -3.80. The molecule has 1 aromatic carbocycles. The number of halogens is 5. The van der Waals surface area contributed by atoms with Crippen LogP contribution in [-0.4, -0.2) is 52.4 Å². The molecule has 0 atom stereocenters. The van der Waals surface area contributed by atoms with Gasteiger partial charge in [-0.15, -0.1) is 0 Å². The first kappa shape index (κ1) is 29.3. The molecular weight excluding hydrogens is 588 g/mol. The maximum Gasteiger partial charge on any atom is 0.281 e. The highest BCUT2D eigenvalue weighted by Crippen LogP contribution is 2.49. The lowest BCUT2D eigenvalue weighted by atomic mass is 9.73. The smallest absolute Gasteiger partial charge is 0.281 e. The van der Waals surface area contributed by atoms with Crippen LogP contribution in [0.3, 0.4) is 0 Å². The van der Waals surface area contributed by atoms with Gasteiger partial charge in [0, 0.05) is 31.9 Å². The number of piperidine rings is 1. The van der Waals surface area contributed by atoms with E-state index in [1.165, 1.54) is 18.2 Å². The van der Waals surface area contributed by atoms with E-state index in [9.17, 15) is 27.2 Å². The first-order valence-electron chi connectivity index (χ1n) is 14.2. The van der Waals surface area contributed by atoms with Gasteiger partial charge in [0.15, 0.2) is 5.82 Å². The number of benzene rings is 1. The average Bonchev–Trinajstić information content (AvgIpc) is 3.20. The fraction of sp³-hybridized carbons (Fsp3) is 0.433. The lowest BCUT2D eigenvalue weighted by Gasteiger charge is -2.39. The molecule has 226 valence electrons. The van der Waals surface area contributed by atoms with Crippen molar-refractivity contribution < 1.29 is 27.2 Å². The molecule has 1 spiro atoms. The van der Waals surface area contributed by atoms with Crippen molar-refractivity contribution in [3.8, 4) is 0 Å². The highest BCUT2D eigenvalue weighted by molar-refractivity contribution is 6.30. The minimum atomic E-state index is -2.91. The number of rotatable bonds is 6. The number of alkyl halides is 2. The third kappa shape index (κ3) is 5.64. The second kappa shape index (κ2) is 11.7. The molecule has 1 aliphatic carbocycles. The zero-order valence-corrected chi connectivity index (χ0v) is 23.8. The fourth-order valence-corrected chi connectivity index (χ4v) is 6.81. The maximum absolute atomic E-state index is 14.4. The van der Waals surface area contributed by atoms with Gasteiger partial charge in [-0.1, -0.05) is 17.7 Å². The van der Waals surface area contributed by atoms with Crippen molar-refractivity contribution in [2.75, 3.05) is 29.4 Å². The van der Waals surface area contributed by atoms with Crippen LogP contribution in [0.4, 0.5) is 29.2 Å². The maximum atomic E-state index is 14.4. The predicted molar refractivity (Wildman–Crippen MR) is 151 cm³/mol. The van der Waals surface area contributed by atoms with Gasteiger partial charge in [0.25, 0.3) is 12.3 Å². The third-order valence-electron chi connectivity index (χ3n) is 8.89. The van der Waals surface area contributed by atoms with Crippen molar-refractivity contribution in [1.82, 2.24) is 20.3 Å². The van der Waals surface area contributed by atoms with Crippen LogP contribution < -0.4 is 15.1 Å². The van der Waals surface area contributed by atoms with Crippen molar-refractivity contribution in [2.24, 2.45) is 5.92 Å². The van der Waals surface area contributed by atoms with Gasteiger partial charge in [0.2, 0.25) is 11.9 Å². The molecule has 1 N–H and O–H groups in total. The lowest BCUT2D eigenvalue weighted by molar-refractivity contribution is -0.124. The minimum absolute atomic E-state index is 0.0591. The van der Waals surface area contributed by atoms with Crippen LogP contribution in [-0.2, 0) is 10.2 Å². The number of fused-ring (bicyclic) bond motifs is 2. The third-order valence-corrected chi connectivity index (χ3v) is 9.09. The summed E-state index contributed by atoms with van der Waals surface area (Å²) in [7, 11) is 0. The monoisotopic (exact) mass is 616 g/mol. The number of amides is 2. The predicted octanol–water partition coefficient (Wildman–Crippen LogP) is 5.61. The molecule has 2 aromatic heterocycles. The van der Waals surface area contributed by atoms with Gasteiger partial charge in [-0.05, 0) is 68.2 Å². The van der Waals surface area contributed by atoms with Gasteiger partial charge in [0.05, 0.1) is 34.1 Å². The van der Waals surface area contributed by atoms with Gasteiger partial charge in [0.1, 0.15) is 11.5 Å². The van der Waals surface area contributed by atoms with Gasteiger partial charge in [-0.3, -0.25) is 14.6 Å². The summed E-state index contributed by atoms with van der Waals surface area (Å²) in [5, 5.41) is 2.93. The molecule has 1 saturated carbocycles. The molecule has 2 amide bonds. The van der Waals surface area contributed by atoms with Crippen molar-refractivity contribution in [2.45, 2.75) is 56.4 Å². The molecule has 43 heavy (non-hydrogen) atoms. The Kier molecular flexibility index (Phi) is 7.97. The molecule has 2 aliphatic heterocycles. The highest BCUT2D eigenvalue weighted by atomic mass is 35.5. The zero-order valence-electron chi connectivity index (χ0n) is 23.1. The topological polar surface area (TPSA) is 91.3 Å². The molecule has 3 aliphatic rings. The zero-order chi connectivity index (χ0) is 30.3. The summed E-state index contributed by atoms with van der Waals surface area (Å²) in [6, 6.07) is 5.48. The molecule has 6 rings (SSSR count). The summed E-state index contributed by atoms with van der Waals surface area (Å²) in [5.41, 5.74) is -0.255. The molecule has 8 nitrogen and oxygen atoms in total. The Morgan fingerprint density at radius 1 is 1.00 bits per heavy atom. The Bertz CT molecular complexity index is 1530. The van der Waals surface area contributed by atoms with E-state index in [0.29, 0.717) is 69.8 Å². The van der Waals surface area contributed by atoms with Crippen LogP contribution in [0.5, 0.6) is 0 Å². The van der Waals surface area contributed by atoms with Gasteiger partial charge < -0.3 is 15.1 Å². The molecule has 1 saturated heterocycles. The van der Waals surface area contributed by atoms with E-state index in [1.54, 1.807) is 11.0 Å².